The third-order valence-corrected chi connectivity index (χ3v) is 5.30. The average Bonchev–Trinajstić information content (AvgIpc) is 3.13. The number of ether oxygens (including phenoxy) is 1. The SMILES string of the molecule is Cc1ccccc1[C@@H](OC[C@@H](O)Cn1c(CO)nc2ccccc21)c1ccccc1. The molecule has 4 aromatic rings. The van der Waals surface area contributed by atoms with Crippen LogP contribution in [0.5, 0.6) is 0 Å². The molecule has 3 aromatic carbocycles. The van der Waals surface area contributed by atoms with Crippen LogP contribution >= 0.6 is 0 Å². The Labute approximate surface area is 176 Å². The predicted octanol–water partition coefficient (Wildman–Crippen LogP) is 4.00. The molecule has 154 valence electrons. The average molecular weight is 402 g/mol. The lowest BCUT2D eigenvalue weighted by Gasteiger charge is -2.23. The first-order valence-electron chi connectivity index (χ1n) is 10.1. The lowest BCUT2D eigenvalue weighted by molar-refractivity contribution is -0.000932. The van der Waals surface area contributed by atoms with E-state index in [2.05, 4.69) is 24.0 Å². The molecule has 2 atom stereocenters. The van der Waals surface area contributed by atoms with E-state index in [1.807, 2.05) is 71.3 Å². The van der Waals surface area contributed by atoms with Gasteiger partial charge >= 0.3 is 0 Å². The van der Waals surface area contributed by atoms with Gasteiger partial charge in [0.2, 0.25) is 0 Å². The van der Waals surface area contributed by atoms with Gasteiger partial charge in [-0.15, -0.1) is 0 Å². The molecule has 1 aromatic heterocycles. The Morgan fingerprint density at radius 2 is 1.63 bits per heavy atom. The van der Waals surface area contributed by atoms with Crippen LogP contribution in [0.3, 0.4) is 0 Å². The summed E-state index contributed by atoms with van der Waals surface area (Å²) in [6, 6.07) is 25.9. The molecule has 2 N–H and O–H groups in total. The number of aliphatic hydroxyl groups is 2. The maximum Gasteiger partial charge on any atom is 0.135 e. The van der Waals surface area contributed by atoms with Crippen LogP contribution in [0.2, 0.25) is 0 Å². The highest BCUT2D eigenvalue weighted by Gasteiger charge is 2.20. The van der Waals surface area contributed by atoms with Crippen molar-refractivity contribution >= 4 is 11.0 Å². The monoisotopic (exact) mass is 402 g/mol. The minimum Gasteiger partial charge on any atom is -0.389 e. The van der Waals surface area contributed by atoms with Gasteiger partial charge in [-0.25, -0.2) is 4.98 Å². The summed E-state index contributed by atoms with van der Waals surface area (Å²) in [6.07, 6.45) is -1.01. The third-order valence-electron chi connectivity index (χ3n) is 5.30. The summed E-state index contributed by atoms with van der Waals surface area (Å²) in [5.41, 5.74) is 4.96. The molecule has 0 saturated carbocycles. The smallest absolute Gasteiger partial charge is 0.135 e. The lowest BCUT2D eigenvalue weighted by Crippen LogP contribution is -2.24. The molecule has 0 saturated heterocycles. The van der Waals surface area contributed by atoms with Gasteiger partial charge in [0.05, 0.1) is 30.3 Å². The fourth-order valence-corrected chi connectivity index (χ4v) is 3.79. The highest BCUT2D eigenvalue weighted by Crippen LogP contribution is 2.28. The van der Waals surface area contributed by atoms with Crippen LogP contribution in [0.4, 0.5) is 0 Å². The number of rotatable bonds is 8. The molecule has 0 bridgehead atoms. The number of nitrogens with zero attached hydrogens (tertiary/aromatic N) is 2. The van der Waals surface area contributed by atoms with Crippen molar-refractivity contribution in [1.82, 2.24) is 9.55 Å². The summed E-state index contributed by atoms with van der Waals surface area (Å²) in [4.78, 5) is 4.45. The minimum atomic E-state index is -0.747. The summed E-state index contributed by atoms with van der Waals surface area (Å²) >= 11 is 0. The Morgan fingerprint density at radius 3 is 2.40 bits per heavy atom. The summed E-state index contributed by atoms with van der Waals surface area (Å²) in [7, 11) is 0. The van der Waals surface area contributed by atoms with Crippen molar-refractivity contribution in [2.24, 2.45) is 0 Å². The molecule has 5 nitrogen and oxygen atoms in total. The quantitative estimate of drug-likeness (QED) is 0.467. The molecular formula is C25H26N2O3. The van der Waals surface area contributed by atoms with E-state index >= 15 is 0 Å². The summed E-state index contributed by atoms with van der Waals surface area (Å²) in [5, 5.41) is 20.4. The second-order valence-corrected chi connectivity index (χ2v) is 7.42. The molecule has 0 aliphatic heterocycles. The van der Waals surface area contributed by atoms with Gasteiger partial charge in [-0.2, -0.15) is 0 Å². The lowest BCUT2D eigenvalue weighted by atomic mass is 9.97. The van der Waals surface area contributed by atoms with Gasteiger partial charge in [-0.05, 0) is 35.7 Å². The van der Waals surface area contributed by atoms with Crippen molar-refractivity contribution in [2.45, 2.75) is 32.3 Å². The summed E-state index contributed by atoms with van der Waals surface area (Å²) in [6.45, 7) is 2.34. The van der Waals surface area contributed by atoms with Crippen LogP contribution in [0.15, 0.2) is 78.9 Å². The predicted molar refractivity (Wildman–Crippen MR) is 117 cm³/mol. The third kappa shape index (κ3) is 4.28. The molecule has 0 aliphatic carbocycles. The van der Waals surface area contributed by atoms with Crippen LogP contribution in [0, 0.1) is 6.92 Å². The maximum atomic E-state index is 10.8. The topological polar surface area (TPSA) is 67.5 Å². The molecule has 0 radical (unpaired) electrons. The van der Waals surface area contributed by atoms with Crippen molar-refractivity contribution in [3.05, 3.63) is 101 Å². The largest absolute Gasteiger partial charge is 0.389 e. The number of hydrogen-bond acceptors (Lipinski definition) is 4. The van der Waals surface area contributed by atoms with E-state index in [1.54, 1.807) is 0 Å². The second-order valence-electron chi connectivity index (χ2n) is 7.42. The molecule has 5 heteroatoms. The van der Waals surface area contributed by atoms with E-state index in [-0.39, 0.29) is 19.3 Å². The van der Waals surface area contributed by atoms with Gasteiger partial charge in [0, 0.05) is 0 Å². The number of fused-ring (bicyclic) bond motifs is 1. The van der Waals surface area contributed by atoms with Crippen molar-refractivity contribution < 1.29 is 14.9 Å². The molecule has 4 rings (SSSR count). The van der Waals surface area contributed by atoms with Crippen LogP contribution in [-0.4, -0.2) is 32.5 Å². The van der Waals surface area contributed by atoms with E-state index in [0.717, 1.165) is 27.7 Å². The highest BCUT2D eigenvalue weighted by atomic mass is 16.5. The Balaban J connectivity index is 1.54. The Bertz CT molecular complexity index is 1110. The molecule has 0 aliphatic rings. The zero-order valence-corrected chi connectivity index (χ0v) is 17.0. The Morgan fingerprint density at radius 1 is 0.933 bits per heavy atom. The zero-order chi connectivity index (χ0) is 20.9. The van der Waals surface area contributed by atoms with Gasteiger partial charge in [0.15, 0.2) is 0 Å². The second kappa shape index (κ2) is 9.22. The number of para-hydroxylation sites is 2. The number of aliphatic hydroxyl groups excluding tert-OH is 2. The number of benzene rings is 3. The molecule has 0 amide bonds. The van der Waals surface area contributed by atoms with Gasteiger partial charge in [0.1, 0.15) is 18.5 Å². The fraction of sp³-hybridized carbons (Fsp3) is 0.240. The first-order chi connectivity index (χ1) is 14.7. The molecular weight excluding hydrogens is 376 g/mol. The van der Waals surface area contributed by atoms with Gasteiger partial charge in [-0.3, -0.25) is 0 Å². The molecule has 0 unspecified atom stereocenters. The first-order valence-corrected chi connectivity index (χ1v) is 10.1. The van der Waals surface area contributed by atoms with E-state index in [0.29, 0.717) is 12.4 Å². The fourth-order valence-electron chi connectivity index (χ4n) is 3.79. The molecule has 1 heterocycles. The van der Waals surface area contributed by atoms with Gasteiger partial charge in [0.25, 0.3) is 0 Å². The number of aromatic nitrogens is 2. The van der Waals surface area contributed by atoms with Crippen molar-refractivity contribution in [1.29, 1.82) is 0 Å². The summed E-state index contributed by atoms with van der Waals surface area (Å²) < 4.78 is 8.10. The Kier molecular flexibility index (Phi) is 6.23. The van der Waals surface area contributed by atoms with Crippen LogP contribution in [-0.2, 0) is 17.9 Å². The zero-order valence-electron chi connectivity index (χ0n) is 17.0. The molecule has 0 fully saturated rings. The van der Waals surface area contributed by atoms with Crippen LogP contribution < -0.4 is 0 Å². The maximum absolute atomic E-state index is 10.8. The molecule has 30 heavy (non-hydrogen) atoms. The van der Waals surface area contributed by atoms with E-state index < -0.39 is 6.10 Å². The first kappa shape index (κ1) is 20.3. The van der Waals surface area contributed by atoms with E-state index in [9.17, 15) is 10.2 Å². The summed E-state index contributed by atoms with van der Waals surface area (Å²) in [5.74, 6) is 0.536. The molecule has 0 spiro atoms. The van der Waals surface area contributed by atoms with Gasteiger partial charge < -0.3 is 19.5 Å². The van der Waals surface area contributed by atoms with Crippen molar-refractivity contribution in [3.63, 3.8) is 0 Å². The number of aryl methyl sites for hydroxylation is 1. The number of imidazole rings is 1. The van der Waals surface area contributed by atoms with Gasteiger partial charge in [-0.1, -0.05) is 66.7 Å². The van der Waals surface area contributed by atoms with E-state index in [4.69, 9.17) is 4.74 Å². The standard InChI is InChI=1S/C25H26N2O3/c1-18-9-5-6-12-21(18)25(19-10-3-2-4-11-19)30-17-20(29)15-27-23-14-8-7-13-22(23)26-24(27)16-28/h2-14,20,25,28-29H,15-17H2,1H3/t20-,25-/m0/s1. The number of hydrogen-bond donors (Lipinski definition) is 2. The van der Waals surface area contributed by atoms with Crippen LogP contribution in [0.25, 0.3) is 11.0 Å². The minimum absolute atomic E-state index is 0.158. The Hall–Kier alpha value is -2.99. The normalized spacial score (nSPS) is 13.4. The highest BCUT2D eigenvalue weighted by molar-refractivity contribution is 5.75. The van der Waals surface area contributed by atoms with E-state index in [1.165, 1.54) is 0 Å². The van der Waals surface area contributed by atoms with Crippen molar-refractivity contribution in [2.75, 3.05) is 6.61 Å². The van der Waals surface area contributed by atoms with Crippen LogP contribution in [0.1, 0.15) is 28.6 Å². The van der Waals surface area contributed by atoms with Crippen molar-refractivity contribution in [3.8, 4) is 0 Å².